The van der Waals surface area contributed by atoms with Gasteiger partial charge in [-0.2, -0.15) is 0 Å². The van der Waals surface area contributed by atoms with Gasteiger partial charge in [0.1, 0.15) is 11.6 Å². The number of hydrogen-bond donors (Lipinski definition) is 2. The van der Waals surface area contributed by atoms with E-state index in [0.717, 1.165) is 5.76 Å². The third kappa shape index (κ3) is 5.58. The number of furan rings is 1. The standard InChI is InChI=1S/C17H18FNO4/c18-14-5-3-12(4-6-14)13(11-17(21)22)10-16(20)19-8-7-15-2-1-9-23-15/h1-6,9,13H,7-8,10-11H2,(H,19,20)(H,21,22). The van der Waals surface area contributed by atoms with E-state index in [2.05, 4.69) is 5.32 Å². The lowest BCUT2D eigenvalue weighted by Gasteiger charge is -2.15. The highest BCUT2D eigenvalue weighted by Gasteiger charge is 2.19. The summed E-state index contributed by atoms with van der Waals surface area (Å²) in [5.74, 6) is -1.36. The van der Waals surface area contributed by atoms with Crippen molar-refractivity contribution in [3.8, 4) is 0 Å². The number of hydrogen-bond acceptors (Lipinski definition) is 3. The third-order valence-electron chi connectivity index (χ3n) is 3.47. The van der Waals surface area contributed by atoms with Crippen molar-refractivity contribution in [2.75, 3.05) is 6.54 Å². The average Bonchev–Trinajstić information content (AvgIpc) is 3.00. The van der Waals surface area contributed by atoms with Crippen molar-refractivity contribution in [1.29, 1.82) is 0 Å². The zero-order valence-corrected chi connectivity index (χ0v) is 12.5. The van der Waals surface area contributed by atoms with Crippen molar-refractivity contribution in [3.05, 3.63) is 59.8 Å². The van der Waals surface area contributed by atoms with Crippen LogP contribution < -0.4 is 5.32 Å². The second-order valence-electron chi connectivity index (χ2n) is 5.23. The lowest BCUT2D eigenvalue weighted by molar-refractivity contribution is -0.137. The zero-order valence-electron chi connectivity index (χ0n) is 12.5. The van der Waals surface area contributed by atoms with Gasteiger partial charge in [-0.25, -0.2) is 4.39 Å². The summed E-state index contributed by atoms with van der Waals surface area (Å²) in [4.78, 5) is 23.0. The van der Waals surface area contributed by atoms with E-state index in [-0.39, 0.29) is 18.7 Å². The van der Waals surface area contributed by atoms with Crippen LogP contribution in [0.1, 0.15) is 30.1 Å². The number of aliphatic carboxylic acids is 1. The van der Waals surface area contributed by atoms with Crippen LogP contribution >= 0.6 is 0 Å². The molecular formula is C17H18FNO4. The lowest BCUT2D eigenvalue weighted by Crippen LogP contribution is -2.27. The van der Waals surface area contributed by atoms with Crippen LogP contribution in [0.4, 0.5) is 4.39 Å². The number of carbonyl (C=O) groups excluding carboxylic acids is 1. The first kappa shape index (κ1) is 16.7. The summed E-state index contributed by atoms with van der Waals surface area (Å²) < 4.78 is 18.1. The summed E-state index contributed by atoms with van der Waals surface area (Å²) >= 11 is 0. The van der Waals surface area contributed by atoms with E-state index in [1.54, 1.807) is 12.3 Å². The van der Waals surface area contributed by atoms with Gasteiger partial charge in [-0.1, -0.05) is 12.1 Å². The molecule has 1 atom stereocenters. The van der Waals surface area contributed by atoms with Gasteiger partial charge in [0.15, 0.2) is 0 Å². The van der Waals surface area contributed by atoms with Crippen LogP contribution in [0.2, 0.25) is 0 Å². The first-order chi connectivity index (χ1) is 11.0. The summed E-state index contributed by atoms with van der Waals surface area (Å²) in [6.45, 7) is 0.412. The van der Waals surface area contributed by atoms with Gasteiger partial charge in [0.05, 0.1) is 12.7 Å². The fourth-order valence-corrected chi connectivity index (χ4v) is 2.33. The first-order valence-corrected chi connectivity index (χ1v) is 7.31. The monoisotopic (exact) mass is 319 g/mol. The molecule has 0 aliphatic heterocycles. The molecule has 2 aromatic rings. The first-order valence-electron chi connectivity index (χ1n) is 7.31. The summed E-state index contributed by atoms with van der Waals surface area (Å²) in [5.41, 5.74) is 0.634. The minimum absolute atomic E-state index is 0.0378. The highest BCUT2D eigenvalue weighted by Crippen LogP contribution is 2.23. The van der Waals surface area contributed by atoms with Gasteiger partial charge < -0.3 is 14.8 Å². The molecule has 1 heterocycles. The third-order valence-corrected chi connectivity index (χ3v) is 3.47. The topological polar surface area (TPSA) is 79.5 Å². The van der Waals surface area contributed by atoms with Gasteiger partial charge in [0, 0.05) is 25.3 Å². The summed E-state index contributed by atoms with van der Waals surface area (Å²) in [6, 6.07) is 9.14. The number of rotatable bonds is 8. The Morgan fingerprint density at radius 3 is 2.52 bits per heavy atom. The van der Waals surface area contributed by atoms with E-state index in [4.69, 9.17) is 9.52 Å². The van der Waals surface area contributed by atoms with E-state index in [0.29, 0.717) is 18.5 Å². The zero-order chi connectivity index (χ0) is 16.7. The molecule has 2 N–H and O–H groups in total. The predicted octanol–water partition coefficient (Wildman–Crippen LogP) is 2.73. The Hall–Kier alpha value is -2.63. The normalized spacial score (nSPS) is 11.9. The predicted molar refractivity (Wildman–Crippen MR) is 81.4 cm³/mol. The highest BCUT2D eigenvalue weighted by molar-refractivity contribution is 5.78. The molecule has 5 nitrogen and oxygen atoms in total. The van der Waals surface area contributed by atoms with Crippen molar-refractivity contribution in [2.45, 2.75) is 25.2 Å². The molecule has 23 heavy (non-hydrogen) atoms. The molecule has 0 saturated carbocycles. The average molecular weight is 319 g/mol. The molecule has 0 radical (unpaired) electrons. The van der Waals surface area contributed by atoms with Crippen LogP contribution in [0.25, 0.3) is 0 Å². The van der Waals surface area contributed by atoms with E-state index in [9.17, 15) is 14.0 Å². The maximum Gasteiger partial charge on any atom is 0.303 e. The van der Waals surface area contributed by atoms with E-state index in [1.807, 2.05) is 6.07 Å². The molecule has 122 valence electrons. The van der Waals surface area contributed by atoms with Gasteiger partial charge in [-0.15, -0.1) is 0 Å². The molecule has 2 rings (SSSR count). The van der Waals surface area contributed by atoms with Crippen molar-refractivity contribution >= 4 is 11.9 Å². The molecular weight excluding hydrogens is 301 g/mol. The summed E-state index contributed by atoms with van der Waals surface area (Å²) in [7, 11) is 0. The number of carboxylic acids is 1. The molecule has 0 aliphatic carbocycles. The Labute approximate surface area is 133 Å². The number of carbonyl (C=O) groups is 2. The maximum absolute atomic E-state index is 13.0. The molecule has 0 saturated heterocycles. The van der Waals surface area contributed by atoms with Gasteiger partial charge >= 0.3 is 5.97 Å². The van der Waals surface area contributed by atoms with Gasteiger partial charge in [-0.05, 0) is 29.8 Å². The largest absolute Gasteiger partial charge is 0.481 e. The molecule has 0 fully saturated rings. The minimum atomic E-state index is -0.997. The molecule has 1 amide bonds. The van der Waals surface area contributed by atoms with Crippen molar-refractivity contribution in [2.24, 2.45) is 0 Å². The van der Waals surface area contributed by atoms with Crippen molar-refractivity contribution < 1.29 is 23.5 Å². The fourth-order valence-electron chi connectivity index (χ4n) is 2.33. The van der Waals surface area contributed by atoms with Crippen LogP contribution in [0.5, 0.6) is 0 Å². The number of amides is 1. The van der Waals surface area contributed by atoms with Gasteiger partial charge in [-0.3, -0.25) is 9.59 Å². The van der Waals surface area contributed by atoms with Gasteiger partial charge in [0.2, 0.25) is 5.91 Å². The molecule has 1 unspecified atom stereocenters. The van der Waals surface area contributed by atoms with Crippen LogP contribution in [0.15, 0.2) is 47.1 Å². The van der Waals surface area contributed by atoms with Gasteiger partial charge in [0.25, 0.3) is 0 Å². The van der Waals surface area contributed by atoms with Crippen molar-refractivity contribution in [3.63, 3.8) is 0 Å². The minimum Gasteiger partial charge on any atom is -0.481 e. The Kier molecular flexibility index (Phi) is 5.91. The fraction of sp³-hybridized carbons (Fsp3) is 0.294. The maximum atomic E-state index is 13.0. The Balaban J connectivity index is 1.89. The quantitative estimate of drug-likeness (QED) is 0.784. The van der Waals surface area contributed by atoms with E-state index >= 15 is 0 Å². The smallest absolute Gasteiger partial charge is 0.303 e. The Bertz CT molecular complexity index is 637. The Morgan fingerprint density at radius 2 is 1.91 bits per heavy atom. The van der Waals surface area contributed by atoms with Crippen LogP contribution in [-0.2, 0) is 16.0 Å². The number of benzene rings is 1. The van der Waals surface area contributed by atoms with Crippen LogP contribution in [-0.4, -0.2) is 23.5 Å². The molecule has 6 heteroatoms. The molecule has 0 aliphatic rings. The molecule has 0 bridgehead atoms. The second kappa shape index (κ2) is 8.12. The molecule has 1 aromatic heterocycles. The number of carboxylic acid groups (broad SMARTS) is 1. The lowest BCUT2D eigenvalue weighted by atomic mass is 9.92. The van der Waals surface area contributed by atoms with E-state index in [1.165, 1.54) is 24.3 Å². The molecule has 1 aromatic carbocycles. The van der Waals surface area contributed by atoms with Crippen LogP contribution in [0.3, 0.4) is 0 Å². The van der Waals surface area contributed by atoms with E-state index < -0.39 is 17.7 Å². The summed E-state index contributed by atoms with van der Waals surface area (Å²) in [5, 5.41) is 11.7. The van der Waals surface area contributed by atoms with Crippen LogP contribution in [0, 0.1) is 5.82 Å². The molecule has 0 spiro atoms. The second-order valence-corrected chi connectivity index (χ2v) is 5.23. The SMILES string of the molecule is O=C(O)CC(CC(=O)NCCc1ccco1)c1ccc(F)cc1. The number of nitrogens with one attached hydrogen (secondary N) is 1. The van der Waals surface area contributed by atoms with Crippen molar-refractivity contribution in [1.82, 2.24) is 5.32 Å². The highest BCUT2D eigenvalue weighted by atomic mass is 19.1. The number of halogens is 1. The summed E-state index contributed by atoms with van der Waals surface area (Å²) in [6.07, 6.45) is 1.99. The Morgan fingerprint density at radius 1 is 1.17 bits per heavy atom.